The molecule has 0 radical (unpaired) electrons. The zero-order chi connectivity index (χ0) is 14.8. The minimum absolute atomic E-state index is 0.916. The fraction of sp³-hybridized carbons (Fsp3) is 0.0500. The minimum atomic E-state index is 0.916. The molecule has 1 nitrogen and oxygen atoms in total. The van der Waals surface area contributed by atoms with Crippen molar-refractivity contribution in [1.82, 2.24) is 0 Å². The minimum Gasteiger partial charge on any atom is -0.184 e. The molecule has 0 fully saturated rings. The maximum absolute atomic E-state index is 2.34. The SMILES string of the molecule is c1ccc(C[n+]2csc3ccc(-c4ccccc4)cc32)cc1. The molecule has 4 rings (SSSR count). The molecule has 106 valence electrons. The number of fused-ring (bicyclic) bond motifs is 1. The Morgan fingerprint density at radius 1 is 0.727 bits per heavy atom. The molecule has 3 aromatic carbocycles. The molecule has 0 unspecified atom stereocenters. The lowest BCUT2D eigenvalue weighted by Gasteiger charge is -2.01. The Bertz CT molecular complexity index is 895. The average Bonchev–Trinajstić information content (AvgIpc) is 2.99. The van der Waals surface area contributed by atoms with Crippen molar-refractivity contribution in [2.75, 3.05) is 0 Å². The van der Waals surface area contributed by atoms with Gasteiger partial charge in [0.15, 0.2) is 6.54 Å². The van der Waals surface area contributed by atoms with Crippen LogP contribution < -0.4 is 4.57 Å². The van der Waals surface area contributed by atoms with Gasteiger partial charge in [0.2, 0.25) is 11.0 Å². The second kappa shape index (κ2) is 5.74. The molecule has 0 saturated heterocycles. The fourth-order valence-electron chi connectivity index (χ4n) is 2.73. The van der Waals surface area contributed by atoms with Gasteiger partial charge in [0.25, 0.3) is 0 Å². The van der Waals surface area contributed by atoms with Crippen molar-refractivity contribution in [2.45, 2.75) is 6.54 Å². The van der Waals surface area contributed by atoms with Gasteiger partial charge < -0.3 is 0 Å². The molecule has 1 aromatic heterocycles. The topological polar surface area (TPSA) is 3.88 Å². The van der Waals surface area contributed by atoms with Crippen LogP contribution in [0.25, 0.3) is 21.3 Å². The molecule has 0 spiro atoms. The van der Waals surface area contributed by atoms with Crippen LogP contribution in [-0.4, -0.2) is 0 Å². The lowest BCUT2D eigenvalue weighted by atomic mass is 10.1. The van der Waals surface area contributed by atoms with Crippen LogP contribution in [0.5, 0.6) is 0 Å². The molecule has 0 bridgehead atoms. The van der Waals surface area contributed by atoms with Crippen LogP contribution >= 0.6 is 11.3 Å². The zero-order valence-electron chi connectivity index (χ0n) is 12.1. The summed E-state index contributed by atoms with van der Waals surface area (Å²) in [4.78, 5) is 0. The number of hydrogen-bond donors (Lipinski definition) is 0. The Hall–Kier alpha value is -2.45. The quantitative estimate of drug-likeness (QED) is 0.474. The molecule has 4 aromatic rings. The van der Waals surface area contributed by atoms with E-state index in [0.29, 0.717) is 0 Å². The van der Waals surface area contributed by atoms with Gasteiger partial charge >= 0.3 is 0 Å². The monoisotopic (exact) mass is 302 g/mol. The number of benzene rings is 3. The van der Waals surface area contributed by atoms with E-state index in [2.05, 4.69) is 88.9 Å². The van der Waals surface area contributed by atoms with Gasteiger partial charge in [0.1, 0.15) is 4.70 Å². The van der Waals surface area contributed by atoms with Crippen molar-refractivity contribution < 1.29 is 4.57 Å². The van der Waals surface area contributed by atoms with Crippen LogP contribution in [0, 0.1) is 0 Å². The summed E-state index contributed by atoms with van der Waals surface area (Å²) in [5, 5.41) is 0. The third-order valence-corrected chi connectivity index (χ3v) is 4.84. The lowest BCUT2D eigenvalue weighted by molar-refractivity contribution is -0.658. The lowest BCUT2D eigenvalue weighted by Crippen LogP contribution is -2.31. The number of aromatic nitrogens is 1. The van der Waals surface area contributed by atoms with Crippen LogP contribution in [0.4, 0.5) is 0 Å². The second-order valence-corrected chi connectivity index (χ2v) is 6.27. The first-order chi connectivity index (χ1) is 10.9. The highest BCUT2D eigenvalue weighted by Gasteiger charge is 2.13. The van der Waals surface area contributed by atoms with Crippen molar-refractivity contribution in [3.8, 4) is 11.1 Å². The maximum atomic E-state index is 2.34. The maximum Gasteiger partial charge on any atom is 0.226 e. The Kier molecular flexibility index (Phi) is 3.45. The van der Waals surface area contributed by atoms with E-state index in [0.717, 1.165) is 6.54 Å². The summed E-state index contributed by atoms with van der Waals surface area (Å²) < 4.78 is 3.66. The highest BCUT2D eigenvalue weighted by Crippen LogP contribution is 2.25. The molecule has 0 amide bonds. The van der Waals surface area contributed by atoms with Crippen molar-refractivity contribution >= 4 is 21.6 Å². The van der Waals surface area contributed by atoms with Gasteiger partial charge in [0, 0.05) is 11.6 Å². The number of rotatable bonds is 3. The summed E-state index contributed by atoms with van der Waals surface area (Å²) in [5.74, 6) is 0. The smallest absolute Gasteiger partial charge is 0.184 e. The van der Waals surface area contributed by atoms with Crippen molar-refractivity contribution in [3.63, 3.8) is 0 Å². The van der Waals surface area contributed by atoms with Gasteiger partial charge in [-0.1, -0.05) is 78.1 Å². The fourth-order valence-corrected chi connectivity index (χ4v) is 3.60. The van der Waals surface area contributed by atoms with E-state index in [1.54, 1.807) is 11.3 Å². The van der Waals surface area contributed by atoms with Gasteiger partial charge in [-0.25, -0.2) is 0 Å². The van der Waals surface area contributed by atoms with Gasteiger partial charge in [-0.05, 0) is 17.2 Å². The molecule has 0 aliphatic heterocycles. The largest absolute Gasteiger partial charge is 0.226 e. The number of thiazole rings is 1. The molecule has 0 aliphatic rings. The predicted octanol–water partition coefficient (Wildman–Crippen LogP) is 4.90. The van der Waals surface area contributed by atoms with Crippen molar-refractivity contribution in [3.05, 3.63) is 89.9 Å². The molecule has 22 heavy (non-hydrogen) atoms. The van der Waals surface area contributed by atoms with Crippen molar-refractivity contribution in [1.29, 1.82) is 0 Å². The number of nitrogens with zero attached hydrogens (tertiary/aromatic N) is 1. The molecule has 0 aliphatic carbocycles. The molecule has 2 heteroatoms. The summed E-state index contributed by atoms with van der Waals surface area (Å²) in [6.45, 7) is 0.916. The Labute approximate surface area is 134 Å². The normalized spacial score (nSPS) is 10.9. The third kappa shape index (κ3) is 2.53. The first kappa shape index (κ1) is 13.2. The molecular formula is C20H16NS+. The van der Waals surface area contributed by atoms with Crippen LogP contribution in [-0.2, 0) is 6.54 Å². The van der Waals surface area contributed by atoms with E-state index in [4.69, 9.17) is 0 Å². The van der Waals surface area contributed by atoms with Gasteiger partial charge in [-0.3, -0.25) is 0 Å². The predicted molar refractivity (Wildman–Crippen MR) is 93.0 cm³/mol. The first-order valence-electron chi connectivity index (χ1n) is 7.40. The Morgan fingerprint density at radius 3 is 2.23 bits per heavy atom. The van der Waals surface area contributed by atoms with Gasteiger partial charge in [-0.2, -0.15) is 4.57 Å². The van der Waals surface area contributed by atoms with Gasteiger partial charge in [-0.15, -0.1) is 0 Å². The van der Waals surface area contributed by atoms with Crippen LogP contribution in [0.3, 0.4) is 0 Å². The summed E-state index contributed by atoms with van der Waals surface area (Å²) in [6, 6.07) is 27.9. The van der Waals surface area contributed by atoms with E-state index in [1.165, 1.54) is 26.9 Å². The molecule has 1 heterocycles. The molecule has 0 saturated carbocycles. The number of hydrogen-bond acceptors (Lipinski definition) is 1. The van der Waals surface area contributed by atoms with E-state index in [-0.39, 0.29) is 0 Å². The first-order valence-corrected chi connectivity index (χ1v) is 8.28. The van der Waals surface area contributed by atoms with Crippen molar-refractivity contribution in [2.24, 2.45) is 0 Å². The Balaban J connectivity index is 1.77. The van der Waals surface area contributed by atoms with E-state index < -0.39 is 0 Å². The van der Waals surface area contributed by atoms with Crippen LogP contribution in [0.2, 0.25) is 0 Å². The molecular weight excluding hydrogens is 286 g/mol. The molecule has 0 N–H and O–H groups in total. The van der Waals surface area contributed by atoms with Crippen LogP contribution in [0.1, 0.15) is 5.56 Å². The molecule has 0 atom stereocenters. The highest BCUT2D eigenvalue weighted by molar-refractivity contribution is 7.16. The zero-order valence-corrected chi connectivity index (χ0v) is 13.0. The average molecular weight is 302 g/mol. The summed E-state index contributed by atoms with van der Waals surface area (Å²) in [7, 11) is 0. The Morgan fingerprint density at radius 2 is 1.45 bits per heavy atom. The van der Waals surface area contributed by atoms with E-state index >= 15 is 0 Å². The van der Waals surface area contributed by atoms with Crippen LogP contribution in [0.15, 0.2) is 84.4 Å². The summed E-state index contributed by atoms with van der Waals surface area (Å²) in [6.07, 6.45) is 0. The second-order valence-electron chi connectivity index (χ2n) is 5.39. The van der Waals surface area contributed by atoms with E-state index in [1.807, 2.05) is 0 Å². The standard InChI is InChI=1S/C20H16NS/c1-3-7-16(8-4-1)14-21-15-22-20-12-11-18(13-19(20)21)17-9-5-2-6-10-17/h1-13,15H,14H2/q+1. The third-order valence-electron chi connectivity index (χ3n) is 3.88. The van der Waals surface area contributed by atoms with E-state index in [9.17, 15) is 0 Å². The van der Waals surface area contributed by atoms with Gasteiger partial charge in [0.05, 0.1) is 0 Å². The summed E-state index contributed by atoms with van der Waals surface area (Å²) >= 11 is 1.80. The highest BCUT2D eigenvalue weighted by atomic mass is 32.1. The summed E-state index contributed by atoms with van der Waals surface area (Å²) in [5.41, 5.74) is 7.38.